The summed E-state index contributed by atoms with van der Waals surface area (Å²) in [7, 11) is 0. The van der Waals surface area contributed by atoms with E-state index in [4.69, 9.17) is 17.4 Å². The quantitative estimate of drug-likeness (QED) is 0.633. The van der Waals surface area contributed by atoms with Gasteiger partial charge < -0.3 is 10.1 Å². The Bertz CT molecular complexity index is 627. The van der Waals surface area contributed by atoms with Gasteiger partial charge in [-0.25, -0.2) is 5.84 Å². The maximum absolute atomic E-state index is 12.1. The summed E-state index contributed by atoms with van der Waals surface area (Å²) in [6.07, 6.45) is 0. The fraction of sp³-hybridized carbons (Fsp3) is 0.286. The second-order valence-electron chi connectivity index (χ2n) is 4.86. The van der Waals surface area contributed by atoms with Crippen molar-refractivity contribution in [1.29, 1.82) is 0 Å². The van der Waals surface area contributed by atoms with Gasteiger partial charge in [0.15, 0.2) is 0 Å². The van der Waals surface area contributed by atoms with Gasteiger partial charge in [0.1, 0.15) is 0 Å². The average Bonchev–Trinajstić information content (AvgIpc) is 2.66. The van der Waals surface area contributed by atoms with E-state index in [0.29, 0.717) is 12.4 Å². The molecular formula is C14H14ClN2O-. The van der Waals surface area contributed by atoms with Gasteiger partial charge in [0, 0.05) is 18.3 Å². The van der Waals surface area contributed by atoms with Crippen molar-refractivity contribution in [3.63, 3.8) is 0 Å². The molecule has 0 spiro atoms. The summed E-state index contributed by atoms with van der Waals surface area (Å²) < 4.78 is 0. The fourth-order valence-electron chi connectivity index (χ4n) is 2.73. The first-order valence-electron chi connectivity index (χ1n) is 5.94. The number of fused-ring (bicyclic) bond motifs is 3. The van der Waals surface area contributed by atoms with E-state index < -0.39 is 0 Å². The second-order valence-corrected chi connectivity index (χ2v) is 5.17. The minimum absolute atomic E-state index is 0.0226. The number of anilines is 1. The molecule has 0 radical (unpaired) electrons. The number of nitrogens with zero attached hydrogens (tertiary/aromatic N) is 1. The molecule has 2 aromatic rings. The third-order valence-corrected chi connectivity index (χ3v) is 3.97. The predicted octanol–water partition coefficient (Wildman–Crippen LogP) is 2.24. The number of hydrazine groups is 1. The van der Waals surface area contributed by atoms with Crippen LogP contribution in [-0.4, -0.2) is 12.4 Å². The van der Waals surface area contributed by atoms with Gasteiger partial charge in [0.05, 0.1) is 5.69 Å². The minimum Gasteiger partial charge on any atom is -0.872 e. The van der Waals surface area contributed by atoms with Crippen LogP contribution in [0.5, 0.6) is 5.75 Å². The van der Waals surface area contributed by atoms with Crippen molar-refractivity contribution in [2.75, 3.05) is 17.4 Å². The Morgan fingerprint density at radius 2 is 2.17 bits per heavy atom. The van der Waals surface area contributed by atoms with Gasteiger partial charge in [-0.15, -0.1) is 11.6 Å². The van der Waals surface area contributed by atoms with Crippen LogP contribution in [0.4, 0.5) is 5.69 Å². The molecule has 0 aliphatic carbocycles. The monoisotopic (exact) mass is 261 g/mol. The maximum atomic E-state index is 12.1. The first kappa shape index (κ1) is 11.6. The topological polar surface area (TPSA) is 52.3 Å². The molecule has 1 unspecified atom stereocenters. The lowest BCUT2D eigenvalue weighted by molar-refractivity contribution is -0.265. The third-order valence-electron chi connectivity index (χ3n) is 3.60. The Morgan fingerprint density at radius 1 is 1.39 bits per heavy atom. The molecule has 18 heavy (non-hydrogen) atoms. The van der Waals surface area contributed by atoms with E-state index >= 15 is 0 Å². The van der Waals surface area contributed by atoms with E-state index in [9.17, 15) is 5.11 Å². The third kappa shape index (κ3) is 1.55. The van der Waals surface area contributed by atoms with Crippen molar-refractivity contribution in [2.45, 2.75) is 12.8 Å². The number of aryl methyl sites for hydroxylation is 1. The molecule has 0 saturated carbocycles. The van der Waals surface area contributed by atoms with E-state index in [1.807, 2.05) is 25.1 Å². The summed E-state index contributed by atoms with van der Waals surface area (Å²) >= 11 is 6.02. The number of hydrogen-bond acceptors (Lipinski definition) is 3. The summed E-state index contributed by atoms with van der Waals surface area (Å²) in [6.45, 7) is 2.69. The van der Waals surface area contributed by atoms with Gasteiger partial charge in [-0.2, -0.15) is 0 Å². The highest BCUT2D eigenvalue weighted by molar-refractivity contribution is 6.18. The van der Waals surface area contributed by atoms with Crippen molar-refractivity contribution in [1.82, 2.24) is 0 Å². The van der Waals surface area contributed by atoms with Crippen molar-refractivity contribution in [3.8, 4) is 5.75 Å². The Balaban J connectivity index is 2.39. The highest BCUT2D eigenvalue weighted by Gasteiger charge is 2.28. The smallest absolute Gasteiger partial charge is 0.0553 e. The zero-order valence-corrected chi connectivity index (χ0v) is 10.9. The lowest BCUT2D eigenvalue weighted by Crippen LogP contribution is -2.29. The Kier molecular flexibility index (Phi) is 2.61. The maximum Gasteiger partial charge on any atom is 0.0553 e. The van der Waals surface area contributed by atoms with Crippen LogP contribution in [0.3, 0.4) is 0 Å². The van der Waals surface area contributed by atoms with Crippen LogP contribution in [0.2, 0.25) is 0 Å². The van der Waals surface area contributed by atoms with Gasteiger partial charge in [0.2, 0.25) is 0 Å². The number of nitrogens with two attached hydrogens (primary N) is 1. The largest absolute Gasteiger partial charge is 0.872 e. The predicted molar refractivity (Wildman–Crippen MR) is 73.1 cm³/mol. The van der Waals surface area contributed by atoms with Gasteiger partial charge in [-0.1, -0.05) is 29.5 Å². The normalized spacial score (nSPS) is 18.4. The molecule has 4 heteroatoms. The molecule has 94 valence electrons. The average molecular weight is 262 g/mol. The highest BCUT2D eigenvalue weighted by Crippen LogP contribution is 2.43. The zero-order valence-electron chi connectivity index (χ0n) is 10.1. The van der Waals surface area contributed by atoms with Crippen LogP contribution in [0, 0.1) is 6.92 Å². The molecule has 1 atom stereocenters. The van der Waals surface area contributed by atoms with E-state index in [1.54, 1.807) is 11.1 Å². The first-order valence-corrected chi connectivity index (χ1v) is 6.47. The Morgan fingerprint density at radius 3 is 2.89 bits per heavy atom. The summed E-state index contributed by atoms with van der Waals surface area (Å²) in [5.74, 6) is 6.68. The van der Waals surface area contributed by atoms with Crippen molar-refractivity contribution in [3.05, 3.63) is 35.4 Å². The number of alkyl halides is 1. The van der Waals surface area contributed by atoms with E-state index in [0.717, 1.165) is 27.6 Å². The molecule has 3 rings (SSSR count). The highest BCUT2D eigenvalue weighted by atomic mass is 35.5. The van der Waals surface area contributed by atoms with Gasteiger partial charge in [-0.05, 0) is 29.3 Å². The number of rotatable bonds is 1. The van der Waals surface area contributed by atoms with Crippen LogP contribution < -0.4 is 16.0 Å². The molecule has 0 amide bonds. The van der Waals surface area contributed by atoms with Gasteiger partial charge in [-0.3, -0.25) is 0 Å². The van der Waals surface area contributed by atoms with Crippen molar-refractivity contribution >= 4 is 28.1 Å². The number of halogens is 1. The molecule has 0 saturated heterocycles. The second kappa shape index (κ2) is 4.04. The van der Waals surface area contributed by atoms with E-state index in [2.05, 4.69) is 0 Å². The van der Waals surface area contributed by atoms with Crippen molar-refractivity contribution in [2.24, 2.45) is 5.84 Å². The van der Waals surface area contributed by atoms with E-state index in [1.165, 1.54) is 0 Å². The van der Waals surface area contributed by atoms with Crippen LogP contribution in [0.1, 0.15) is 17.0 Å². The fourth-order valence-corrected chi connectivity index (χ4v) is 2.99. The molecule has 0 fully saturated rings. The van der Waals surface area contributed by atoms with Crippen molar-refractivity contribution < 1.29 is 5.11 Å². The Labute approximate surface area is 111 Å². The molecule has 3 nitrogen and oxygen atoms in total. The molecule has 0 bridgehead atoms. The van der Waals surface area contributed by atoms with Gasteiger partial charge >= 0.3 is 0 Å². The summed E-state index contributed by atoms with van der Waals surface area (Å²) in [5.41, 5.74) is 3.08. The summed E-state index contributed by atoms with van der Waals surface area (Å²) in [6, 6.07) is 7.52. The number of benzene rings is 2. The summed E-state index contributed by atoms with van der Waals surface area (Å²) in [4.78, 5) is 0. The molecule has 1 aliphatic rings. The lowest BCUT2D eigenvalue weighted by atomic mass is 9.94. The zero-order chi connectivity index (χ0) is 12.9. The van der Waals surface area contributed by atoms with E-state index in [-0.39, 0.29) is 11.7 Å². The molecule has 1 aliphatic heterocycles. The van der Waals surface area contributed by atoms with Crippen LogP contribution in [-0.2, 0) is 0 Å². The minimum atomic E-state index is 0.0226. The Hall–Kier alpha value is -1.45. The molecule has 1 heterocycles. The first-order chi connectivity index (χ1) is 8.61. The lowest BCUT2D eigenvalue weighted by Gasteiger charge is -2.18. The molecule has 0 aromatic heterocycles. The van der Waals surface area contributed by atoms with Crippen LogP contribution >= 0.6 is 11.6 Å². The molecule has 2 N–H and O–H groups in total. The summed E-state index contributed by atoms with van der Waals surface area (Å²) in [5, 5.41) is 15.5. The van der Waals surface area contributed by atoms with Crippen LogP contribution in [0.15, 0.2) is 24.3 Å². The SMILES string of the molecule is Cc1ccc2c([O-])cc3c(c2c1)C(CCl)CN3N. The van der Waals surface area contributed by atoms with Gasteiger partial charge in [0.25, 0.3) is 0 Å². The molecular weight excluding hydrogens is 248 g/mol. The van der Waals surface area contributed by atoms with Crippen LogP contribution in [0.25, 0.3) is 10.8 Å². The number of hydrogen-bond donors (Lipinski definition) is 1. The molecule has 2 aromatic carbocycles. The standard InChI is InChI=1S/C14H15ClN2O/c1-8-2-3-10-11(4-8)14-9(6-15)7-17(16)12(14)5-13(10)18/h2-5,9,18H,6-7,16H2,1H3/p-1.